The second-order valence-electron chi connectivity index (χ2n) is 4.26. The van der Waals surface area contributed by atoms with Crippen LogP contribution in [0.4, 0.5) is 14.9 Å². The molecule has 2 N–H and O–H groups in total. The van der Waals surface area contributed by atoms with Crippen molar-refractivity contribution in [2.45, 2.75) is 6.54 Å². The predicted octanol–water partition coefficient (Wildman–Crippen LogP) is 4.17. The fourth-order valence-electron chi connectivity index (χ4n) is 1.67. The molecule has 2 aromatic rings. The van der Waals surface area contributed by atoms with Crippen LogP contribution in [0, 0.1) is 5.82 Å². The fraction of sp³-hybridized carbons (Fsp3) is 0.0714. The Balaban J connectivity index is 2.08. The van der Waals surface area contributed by atoms with E-state index in [2.05, 4.69) is 34.1 Å². The zero-order valence-corrected chi connectivity index (χ0v) is 13.2. The van der Waals surface area contributed by atoms with E-state index >= 15 is 0 Å². The monoisotopic (exact) mass is 370 g/mol. The van der Waals surface area contributed by atoms with Crippen molar-refractivity contribution in [1.29, 1.82) is 0 Å². The standard InChI is InChI=1S/C14H12BrFN2O2S/c15-10-6-11(16)13(19)12(7-10)17-14(20)18(21)8-9-4-2-1-3-5-9/h1-7,19,21H,8H2,(H,17,20). The molecule has 2 amide bonds. The van der Waals surface area contributed by atoms with Crippen LogP contribution in [0.1, 0.15) is 5.56 Å². The van der Waals surface area contributed by atoms with Crippen LogP contribution in [0.2, 0.25) is 0 Å². The summed E-state index contributed by atoms with van der Waals surface area (Å²) in [5.41, 5.74) is 0.867. The van der Waals surface area contributed by atoms with Gasteiger partial charge in [0, 0.05) is 4.47 Å². The van der Waals surface area contributed by atoms with Crippen LogP contribution in [0.5, 0.6) is 5.75 Å². The topological polar surface area (TPSA) is 52.6 Å². The van der Waals surface area contributed by atoms with Gasteiger partial charge in [0.05, 0.1) is 12.2 Å². The lowest BCUT2D eigenvalue weighted by atomic mass is 10.2. The summed E-state index contributed by atoms with van der Waals surface area (Å²) in [7, 11) is 0. The third-order valence-corrected chi connectivity index (χ3v) is 3.46. The van der Waals surface area contributed by atoms with Crippen LogP contribution >= 0.6 is 28.7 Å². The van der Waals surface area contributed by atoms with Crippen LogP contribution in [-0.2, 0) is 6.54 Å². The van der Waals surface area contributed by atoms with Crippen molar-refractivity contribution in [3.05, 3.63) is 58.3 Å². The van der Waals surface area contributed by atoms with Crippen LogP contribution in [0.15, 0.2) is 46.9 Å². The summed E-state index contributed by atoms with van der Waals surface area (Å²) >= 11 is 7.18. The quantitative estimate of drug-likeness (QED) is 0.560. The predicted molar refractivity (Wildman–Crippen MR) is 85.8 cm³/mol. The van der Waals surface area contributed by atoms with Crippen LogP contribution in [-0.4, -0.2) is 15.4 Å². The van der Waals surface area contributed by atoms with Gasteiger partial charge in [-0.05, 0) is 17.7 Å². The average molecular weight is 371 g/mol. The molecule has 0 heterocycles. The number of nitrogens with one attached hydrogen (secondary N) is 1. The molecule has 0 saturated heterocycles. The molecular weight excluding hydrogens is 359 g/mol. The number of rotatable bonds is 3. The first-order chi connectivity index (χ1) is 9.97. The van der Waals surface area contributed by atoms with Gasteiger partial charge in [0.2, 0.25) is 0 Å². The lowest BCUT2D eigenvalue weighted by Gasteiger charge is -2.17. The summed E-state index contributed by atoms with van der Waals surface area (Å²) in [6.45, 7) is 0.271. The molecule has 21 heavy (non-hydrogen) atoms. The third-order valence-electron chi connectivity index (χ3n) is 2.68. The van der Waals surface area contributed by atoms with Crippen LogP contribution in [0.25, 0.3) is 0 Å². The number of anilines is 1. The van der Waals surface area contributed by atoms with Gasteiger partial charge in [0.15, 0.2) is 11.6 Å². The molecule has 0 spiro atoms. The van der Waals surface area contributed by atoms with E-state index in [0.29, 0.717) is 4.47 Å². The minimum atomic E-state index is -0.826. The minimum absolute atomic E-state index is 0.0287. The van der Waals surface area contributed by atoms with Gasteiger partial charge in [-0.1, -0.05) is 59.1 Å². The number of phenols is 1. The lowest BCUT2D eigenvalue weighted by Crippen LogP contribution is -2.26. The Kier molecular flexibility index (Phi) is 5.08. The molecule has 0 aliphatic rings. The van der Waals surface area contributed by atoms with Crippen LogP contribution in [0.3, 0.4) is 0 Å². The number of halogens is 2. The van der Waals surface area contributed by atoms with Gasteiger partial charge in [-0.15, -0.1) is 0 Å². The summed E-state index contributed by atoms with van der Waals surface area (Å²) in [4.78, 5) is 12.0. The number of thiol groups is 1. The summed E-state index contributed by atoms with van der Waals surface area (Å²) in [6, 6.07) is 11.2. The molecule has 4 nitrogen and oxygen atoms in total. The van der Waals surface area contributed by atoms with E-state index in [-0.39, 0.29) is 12.2 Å². The van der Waals surface area contributed by atoms with E-state index in [1.165, 1.54) is 6.07 Å². The normalized spacial score (nSPS) is 10.2. The first kappa shape index (κ1) is 15.7. The number of benzene rings is 2. The maximum atomic E-state index is 13.4. The highest BCUT2D eigenvalue weighted by molar-refractivity contribution is 9.10. The smallest absolute Gasteiger partial charge is 0.332 e. The van der Waals surface area contributed by atoms with E-state index in [4.69, 9.17) is 0 Å². The molecule has 0 radical (unpaired) electrons. The van der Waals surface area contributed by atoms with Crippen molar-refractivity contribution in [2.24, 2.45) is 0 Å². The first-order valence-corrected chi connectivity index (χ1v) is 7.16. The molecule has 7 heteroatoms. The van der Waals surface area contributed by atoms with Crippen molar-refractivity contribution in [1.82, 2.24) is 4.31 Å². The largest absolute Gasteiger partial charge is 0.503 e. The van der Waals surface area contributed by atoms with Crippen molar-refractivity contribution in [2.75, 3.05) is 5.32 Å². The Morgan fingerprint density at radius 2 is 2.00 bits per heavy atom. The number of hydrogen-bond acceptors (Lipinski definition) is 3. The molecule has 0 saturated carbocycles. The van der Waals surface area contributed by atoms with Gasteiger partial charge >= 0.3 is 6.03 Å². The van der Waals surface area contributed by atoms with Crippen LogP contribution < -0.4 is 5.32 Å². The average Bonchev–Trinajstić information content (AvgIpc) is 2.45. The molecule has 0 bridgehead atoms. The highest BCUT2D eigenvalue weighted by Gasteiger charge is 2.15. The molecule has 0 unspecified atom stereocenters. The molecule has 0 aliphatic heterocycles. The minimum Gasteiger partial charge on any atom is -0.503 e. The summed E-state index contributed by atoms with van der Waals surface area (Å²) in [6.07, 6.45) is 0. The van der Waals surface area contributed by atoms with E-state index in [1.54, 1.807) is 0 Å². The van der Waals surface area contributed by atoms with E-state index in [0.717, 1.165) is 15.9 Å². The number of aromatic hydroxyl groups is 1. The zero-order chi connectivity index (χ0) is 15.4. The molecule has 2 aromatic carbocycles. The number of phenolic OH excluding ortho intramolecular Hbond substituents is 1. The van der Waals surface area contributed by atoms with Crippen molar-refractivity contribution < 1.29 is 14.3 Å². The number of carbonyl (C=O) groups excluding carboxylic acids is 1. The Morgan fingerprint density at radius 1 is 1.33 bits per heavy atom. The number of carbonyl (C=O) groups is 1. The van der Waals surface area contributed by atoms with Gasteiger partial charge in [0.1, 0.15) is 0 Å². The second-order valence-corrected chi connectivity index (χ2v) is 5.66. The van der Waals surface area contributed by atoms with Gasteiger partial charge in [0.25, 0.3) is 0 Å². The maximum absolute atomic E-state index is 13.4. The molecular formula is C14H12BrFN2O2S. The number of nitrogens with zero attached hydrogens (tertiary/aromatic N) is 1. The maximum Gasteiger partial charge on any atom is 0.332 e. The highest BCUT2D eigenvalue weighted by atomic mass is 79.9. The van der Waals surface area contributed by atoms with Gasteiger partial charge < -0.3 is 10.4 Å². The Hall–Kier alpha value is -1.73. The summed E-state index contributed by atoms with van der Waals surface area (Å²) in [5, 5.41) is 12.0. The molecule has 0 aliphatic carbocycles. The molecule has 0 aromatic heterocycles. The molecule has 110 valence electrons. The Bertz CT molecular complexity index is 655. The Morgan fingerprint density at radius 3 is 2.67 bits per heavy atom. The third kappa shape index (κ3) is 4.12. The van der Waals surface area contributed by atoms with Gasteiger partial charge in [-0.2, -0.15) is 0 Å². The van der Waals surface area contributed by atoms with E-state index in [1.807, 2.05) is 30.3 Å². The van der Waals surface area contributed by atoms with Crippen molar-refractivity contribution in [3.8, 4) is 5.75 Å². The van der Waals surface area contributed by atoms with E-state index < -0.39 is 17.6 Å². The fourth-order valence-corrected chi connectivity index (χ4v) is 2.31. The molecule has 0 atom stereocenters. The number of amides is 2. The SMILES string of the molecule is O=C(Nc1cc(Br)cc(F)c1O)N(S)Cc1ccccc1. The summed E-state index contributed by atoms with van der Waals surface area (Å²) < 4.78 is 14.9. The van der Waals surface area contributed by atoms with Crippen molar-refractivity contribution >= 4 is 40.5 Å². The Labute approximate surface area is 135 Å². The first-order valence-electron chi connectivity index (χ1n) is 5.96. The lowest BCUT2D eigenvalue weighted by molar-refractivity contribution is 0.238. The van der Waals surface area contributed by atoms with Gasteiger partial charge in [-0.3, -0.25) is 4.31 Å². The number of urea groups is 1. The summed E-state index contributed by atoms with van der Waals surface area (Å²) in [5.74, 6) is -1.44. The molecule has 2 rings (SSSR count). The molecule has 0 fully saturated rings. The van der Waals surface area contributed by atoms with Gasteiger partial charge in [-0.25, -0.2) is 9.18 Å². The van der Waals surface area contributed by atoms with Crippen molar-refractivity contribution in [3.63, 3.8) is 0 Å². The zero-order valence-electron chi connectivity index (χ0n) is 10.8. The van der Waals surface area contributed by atoms with E-state index in [9.17, 15) is 14.3 Å². The number of hydrogen-bond donors (Lipinski definition) is 3. The highest BCUT2D eigenvalue weighted by Crippen LogP contribution is 2.30. The second kappa shape index (κ2) is 6.82.